The molecule has 150 valence electrons. The molecular weight excluding hydrogens is 382 g/mol. The summed E-state index contributed by atoms with van der Waals surface area (Å²) in [5, 5.41) is 0.435. The van der Waals surface area contributed by atoms with Crippen molar-refractivity contribution >= 4 is 33.2 Å². The average Bonchev–Trinajstić information content (AvgIpc) is 3.11. The zero-order valence-electron chi connectivity index (χ0n) is 16.6. The van der Waals surface area contributed by atoms with Crippen molar-refractivity contribution in [3.05, 3.63) is 65.2 Å². The summed E-state index contributed by atoms with van der Waals surface area (Å²) in [6.45, 7) is 0.821. The Kier molecular flexibility index (Phi) is 4.40. The van der Waals surface area contributed by atoms with Gasteiger partial charge in [0.05, 0.1) is 37.0 Å². The first-order valence-electron chi connectivity index (χ1n) is 9.51. The van der Waals surface area contributed by atoms with Crippen molar-refractivity contribution in [1.82, 2.24) is 24.1 Å². The summed E-state index contributed by atoms with van der Waals surface area (Å²) in [5.41, 5.74) is 3.70. The first-order chi connectivity index (χ1) is 14.7. The molecule has 0 spiro atoms. The molecule has 0 bridgehead atoms. The highest BCUT2D eigenvalue weighted by molar-refractivity contribution is 6.05. The molecule has 3 aromatic heterocycles. The molecule has 8 nitrogen and oxygen atoms in total. The SMILES string of the molecule is COCCn1cnc2c(c1=O)c1nc3ccccc3nc1n2-c1cccc(OC)c1. The molecule has 3 heterocycles. The molecule has 0 saturated heterocycles. The Labute approximate surface area is 171 Å². The van der Waals surface area contributed by atoms with Gasteiger partial charge in [0.1, 0.15) is 23.0 Å². The molecule has 0 N–H and O–H groups in total. The molecule has 8 heteroatoms. The quantitative estimate of drug-likeness (QED) is 0.450. The van der Waals surface area contributed by atoms with Crippen molar-refractivity contribution < 1.29 is 9.47 Å². The Morgan fingerprint density at radius 2 is 1.77 bits per heavy atom. The van der Waals surface area contributed by atoms with E-state index in [2.05, 4.69) is 4.98 Å². The van der Waals surface area contributed by atoms with Crippen molar-refractivity contribution in [2.45, 2.75) is 6.54 Å². The van der Waals surface area contributed by atoms with Crippen LogP contribution in [0.5, 0.6) is 5.75 Å². The van der Waals surface area contributed by atoms with Crippen LogP contribution in [0.1, 0.15) is 0 Å². The standard InChI is InChI=1S/C22H19N5O3/c1-29-11-10-26-13-23-20-18(22(26)28)19-21(25-17-9-4-3-8-16(17)24-19)27(20)14-6-5-7-15(12-14)30-2/h3-9,12-13H,10-11H2,1-2H3. The zero-order valence-corrected chi connectivity index (χ0v) is 16.6. The summed E-state index contributed by atoms with van der Waals surface area (Å²) < 4.78 is 13.9. The lowest BCUT2D eigenvalue weighted by molar-refractivity contribution is 0.186. The van der Waals surface area contributed by atoms with Crippen LogP contribution in [0, 0.1) is 0 Å². The second kappa shape index (κ2) is 7.23. The van der Waals surface area contributed by atoms with Gasteiger partial charge in [0.2, 0.25) is 0 Å². The van der Waals surface area contributed by atoms with Crippen LogP contribution in [0.2, 0.25) is 0 Å². The van der Waals surface area contributed by atoms with Crippen molar-refractivity contribution in [3.8, 4) is 11.4 Å². The lowest BCUT2D eigenvalue weighted by Gasteiger charge is -2.09. The van der Waals surface area contributed by atoms with Gasteiger partial charge in [-0.2, -0.15) is 0 Å². The topological polar surface area (TPSA) is 84.1 Å². The van der Waals surface area contributed by atoms with Gasteiger partial charge in [-0.1, -0.05) is 18.2 Å². The Morgan fingerprint density at radius 3 is 2.53 bits per heavy atom. The third-order valence-electron chi connectivity index (χ3n) is 5.08. The minimum atomic E-state index is -0.173. The molecule has 5 aromatic rings. The van der Waals surface area contributed by atoms with E-state index >= 15 is 0 Å². The lowest BCUT2D eigenvalue weighted by atomic mass is 10.3. The molecular formula is C22H19N5O3. The third-order valence-corrected chi connectivity index (χ3v) is 5.08. The molecule has 0 unspecified atom stereocenters. The number of hydrogen-bond donors (Lipinski definition) is 0. The van der Waals surface area contributed by atoms with Crippen LogP contribution in [0.25, 0.3) is 38.9 Å². The van der Waals surface area contributed by atoms with E-state index in [1.54, 1.807) is 20.5 Å². The van der Waals surface area contributed by atoms with E-state index in [0.29, 0.717) is 41.1 Å². The minimum Gasteiger partial charge on any atom is -0.497 e. The molecule has 0 amide bonds. The second-order valence-electron chi connectivity index (χ2n) is 6.86. The Balaban J connectivity index is 1.92. The van der Waals surface area contributed by atoms with E-state index in [0.717, 1.165) is 16.7 Å². The van der Waals surface area contributed by atoms with Crippen LogP contribution in [0.15, 0.2) is 59.7 Å². The molecule has 0 atom stereocenters. The second-order valence-corrected chi connectivity index (χ2v) is 6.86. The first-order valence-corrected chi connectivity index (χ1v) is 9.51. The highest BCUT2D eigenvalue weighted by Gasteiger charge is 2.21. The van der Waals surface area contributed by atoms with Gasteiger partial charge in [-0.25, -0.2) is 15.0 Å². The van der Waals surface area contributed by atoms with E-state index in [9.17, 15) is 4.79 Å². The fourth-order valence-electron chi connectivity index (χ4n) is 3.62. The highest BCUT2D eigenvalue weighted by Crippen LogP contribution is 2.29. The third kappa shape index (κ3) is 2.81. The molecule has 0 fully saturated rings. The number of benzene rings is 2. The fraction of sp³-hybridized carbons (Fsp3) is 0.182. The van der Waals surface area contributed by atoms with Crippen molar-refractivity contribution in [1.29, 1.82) is 0 Å². The largest absolute Gasteiger partial charge is 0.497 e. The van der Waals surface area contributed by atoms with Crippen LogP contribution >= 0.6 is 0 Å². The fourth-order valence-corrected chi connectivity index (χ4v) is 3.62. The first kappa shape index (κ1) is 18.3. The highest BCUT2D eigenvalue weighted by atomic mass is 16.5. The van der Waals surface area contributed by atoms with Crippen LogP contribution in [0.4, 0.5) is 0 Å². The predicted octanol–water partition coefficient (Wildman–Crippen LogP) is 2.94. The lowest BCUT2D eigenvalue weighted by Crippen LogP contribution is -2.22. The molecule has 0 radical (unpaired) electrons. The molecule has 0 aliphatic rings. The van der Waals surface area contributed by atoms with Gasteiger partial charge in [-0.15, -0.1) is 0 Å². The van der Waals surface area contributed by atoms with Gasteiger partial charge in [0.25, 0.3) is 5.56 Å². The maximum absolute atomic E-state index is 13.3. The number of ether oxygens (including phenoxy) is 2. The summed E-state index contributed by atoms with van der Waals surface area (Å²) in [6, 6.07) is 15.2. The van der Waals surface area contributed by atoms with Crippen LogP contribution in [0.3, 0.4) is 0 Å². The normalized spacial score (nSPS) is 11.5. The van der Waals surface area contributed by atoms with Crippen LogP contribution < -0.4 is 10.3 Å². The summed E-state index contributed by atoms with van der Waals surface area (Å²) in [7, 11) is 3.22. The molecule has 5 rings (SSSR count). The van der Waals surface area contributed by atoms with Gasteiger partial charge >= 0.3 is 0 Å². The summed E-state index contributed by atoms with van der Waals surface area (Å²) >= 11 is 0. The zero-order chi connectivity index (χ0) is 20.7. The van der Waals surface area contributed by atoms with Crippen molar-refractivity contribution in [2.24, 2.45) is 0 Å². The Morgan fingerprint density at radius 1 is 0.967 bits per heavy atom. The van der Waals surface area contributed by atoms with E-state index < -0.39 is 0 Å². The average molecular weight is 401 g/mol. The van der Waals surface area contributed by atoms with Crippen LogP contribution in [-0.4, -0.2) is 44.9 Å². The van der Waals surface area contributed by atoms with E-state index in [4.69, 9.17) is 19.4 Å². The molecule has 2 aromatic carbocycles. The molecule has 0 aliphatic heterocycles. The molecule has 0 saturated carbocycles. The van der Waals surface area contributed by atoms with Crippen LogP contribution in [-0.2, 0) is 11.3 Å². The number of fused-ring (bicyclic) bond motifs is 4. The number of nitrogens with zero attached hydrogens (tertiary/aromatic N) is 5. The van der Waals surface area contributed by atoms with E-state index in [1.165, 1.54) is 4.57 Å². The monoisotopic (exact) mass is 401 g/mol. The maximum atomic E-state index is 13.3. The Bertz CT molecular complexity index is 1450. The number of hydrogen-bond acceptors (Lipinski definition) is 6. The van der Waals surface area contributed by atoms with E-state index in [1.807, 2.05) is 53.1 Å². The van der Waals surface area contributed by atoms with Gasteiger partial charge < -0.3 is 9.47 Å². The van der Waals surface area contributed by atoms with Crippen molar-refractivity contribution in [2.75, 3.05) is 20.8 Å². The van der Waals surface area contributed by atoms with Gasteiger partial charge in [0, 0.05) is 13.2 Å². The predicted molar refractivity (Wildman–Crippen MR) is 114 cm³/mol. The van der Waals surface area contributed by atoms with Gasteiger partial charge in [-0.3, -0.25) is 13.9 Å². The van der Waals surface area contributed by atoms with Gasteiger partial charge in [-0.05, 0) is 24.3 Å². The summed E-state index contributed by atoms with van der Waals surface area (Å²) in [4.78, 5) is 27.5. The number of methoxy groups -OCH3 is 2. The van der Waals surface area contributed by atoms with E-state index in [-0.39, 0.29) is 5.56 Å². The number of aromatic nitrogens is 5. The number of para-hydroxylation sites is 2. The Hall–Kier alpha value is -3.78. The number of rotatable bonds is 5. The molecule has 0 aliphatic carbocycles. The van der Waals surface area contributed by atoms with Gasteiger partial charge in [0.15, 0.2) is 11.3 Å². The molecule has 30 heavy (non-hydrogen) atoms. The summed E-state index contributed by atoms with van der Waals surface area (Å²) in [6.07, 6.45) is 1.54. The van der Waals surface area contributed by atoms with Crippen molar-refractivity contribution in [3.63, 3.8) is 0 Å². The summed E-state index contributed by atoms with van der Waals surface area (Å²) in [5.74, 6) is 0.699. The minimum absolute atomic E-state index is 0.173. The maximum Gasteiger partial charge on any atom is 0.265 e. The smallest absolute Gasteiger partial charge is 0.265 e.